The Balaban J connectivity index is 1.55. The molecule has 0 atom stereocenters. The molecule has 10 nitrogen and oxygen atoms in total. The number of hydrogen-bond acceptors (Lipinski definition) is 8. The SMILES string of the molecule is Nc1nn(C=C(F)F)c(N)c1C(=O)Nc1cncc(Cl)c1N1CCN(C2COC2)CC1. The Kier molecular flexibility index (Phi) is 5.94. The number of pyridine rings is 1. The summed E-state index contributed by atoms with van der Waals surface area (Å²) >= 11 is 6.41. The summed E-state index contributed by atoms with van der Waals surface area (Å²) in [7, 11) is 0. The molecule has 2 aliphatic rings. The minimum absolute atomic E-state index is 0.210. The molecular formula is C18H21ClF2N8O2. The van der Waals surface area contributed by atoms with Crippen LogP contribution >= 0.6 is 11.6 Å². The van der Waals surface area contributed by atoms with Gasteiger partial charge in [0.2, 0.25) is 0 Å². The Morgan fingerprint density at radius 3 is 2.55 bits per heavy atom. The van der Waals surface area contributed by atoms with E-state index in [0.717, 1.165) is 26.3 Å². The van der Waals surface area contributed by atoms with E-state index in [1.54, 1.807) is 0 Å². The van der Waals surface area contributed by atoms with Gasteiger partial charge in [0.25, 0.3) is 12.0 Å². The molecule has 2 saturated heterocycles. The molecule has 0 bridgehead atoms. The average Bonchev–Trinajstić information content (AvgIpc) is 2.94. The van der Waals surface area contributed by atoms with Crippen molar-refractivity contribution in [3.05, 3.63) is 29.1 Å². The number of piperazine rings is 1. The molecule has 0 unspecified atom stereocenters. The van der Waals surface area contributed by atoms with Crippen molar-refractivity contribution in [1.29, 1.82) is 0 Å². The first-order valence-corrected chi connectivity index (χ1v) is 9.90. The Morgan fingerprint density at radius 2 is 1.94 bits per heavy atom. The highest BCUT2D eigenvalue weighted by atomic mass is 35.5. The molecule has 2 aliphatic heterocycles. The number of nitrogen functional groups attached to an aromatic ring is 2. The summed E-state index contributed by atoms with van der Waals surface area (Å²) in [6.45, 7) is 4.55. The number of nitrogens with one attached hydrogen (secondary N) is 1. The normalized spacial score (nSPS) is 17.3. The third kappa shape index (κ3) is 4.27. The van der Waals surface area contributed by atoms with Gasteiger partial charge < -0.3 is 26.4 Å². The highest BCUT2D eigenvalue weighted by molar-refractivity contribution is 6.34. The van der Waals surface area contributed by atoms with E-state index in [0.29, 0.717) is 46.4 Å². The minimum atomic E-state index is -2.03. The molecular weight excluding hydrogens is 434 g/mol. The van der Waals surface area contributed by atoms with Crippen LogP contribution in [0.2, 0.25) is 5.02 Å². The summed E-state index contributed by atoms with van der Waals surface area (Å²) < 4.78 is 31.0. The third-order valence-electron chi connectivity index (χ3n) is 5.31. The lowest BCUT2D eigenvalue weighted by Crippen LogP contribution is -2.56. The number of nitrogens with two attached hydrogens (primary N) is 2. The van der Waals surface area contributed by atoms with Crippen LogP contribution < -0.4 is 21.7 Å². The number of amides is 1. The fourth-order valence-corrected chi connectivity index (χ4v) is 3.94. The van der Waals surface area contributed by atoms with Gasteiger partial charge >= 0.3 is 0 Å². The molecule has 0 radical (unpaired) electrons. The third-order valence-corrected chi connectivity index (χ3v) is 5.59. The van der Waals surface area contributed by atoms with Gasteiger partial charge in [0.05, 0.1) is 48.0 Å². The first-order valence-electron chi connectivity index (χ1n) is 9.53. The number of halogens is 3. The molecule has 0 spiro atoms. The second kappa shape index (κ2) is 8.65. The fraction of sp³-hybridized carbons (Fsp3) is 0.389. The highest BCUT2D eigenvalue weighted by Crippen LogP contribution is 2.35. The van der Waals surface area contributed by atoms with Gasteiger partial charge in [-0.3, -0.25) is 14.7 Å². The maximum absolute atomic E-state index is 12.8. The molecule has 13 heteroatoms. The van der Waals surface area contributed by atoms with Gasteiger partial charge in [-0.05, 0) is 0 Å². The van der Waals surface area contributed by atoms with Crippen molar-refractivity contribution in [2.45, 2.75) is 6.04 Å². The van der Waals surface area contributed by atoms with E-state index >= 15 is 0 Å². The predicted molar refractivity (Wildman–Crippen MR) is 113 cm³/mol. The van der Waals surface area contributed by atoms with Crippen LogP contribution in [0.3, 0.4) is 0 Å². The molecule has 2 fully saturated rings. The monoisotopic (exact) mass is 454 g/mol. The number of nitrogens with zero attached hydrogens (tertiary/aromatic N) is 5. The molecule has 1 amide bonds. The molecule has 166 valence electrons. The Morgan fingerprint density at radius 1 is 1.23 bits per heavy atom. The van der Waals surface area contributed by atoms with Gasteiger partial charge in [0.15, 0.2) is 5.82 Å². The van der Waals surface area contributed by atoms with E-state index < -0.39 is 12.0 Å². The minimum Gasteiger partial charge on any atom is -0.383 e. The largest absolute Gasteiger partial charge is 0.383 e. The number of carbonyl (C=O) groups excluding carboxylic acids is 1. The van der Waals surface area contributed by atoms with Crippen LogP contribution in [0.15, 0.2) is 18.5 Å². The molecule has 5 N–H and O–H groups in total. The number of carbonyl (C=O) groups is 1. The van der Waals surface area contributed by atoms with Gasteiger partial charge in [-0.15, -0.1) is 5.10 Å². The Bertz CT molecular complexity index is 1010. The van der Waals surface area contributed by atoms with E-state index in [1.807, 2.05) is 0 Å². The standard InChI is InChI=1S/C18H21ClF2N8O2/c19-11-5-24-6-12(15(11)28-3-1-27(2-4-28)10-8-31-9-10)25-18(30)14-16(22)26-29(17(14)23)7-13(20)21/h5-7,10H,1-4,8-9,23H2,(H2,22,26)(H,25,30). The number of aromatic nitrogens is 3. The van der Waals surface area contributed by atoms with E-state index in [4.69, 9.17) is 27.8 Å². The van der Waals surface area contributed by atoms with E-state index in [-0.39, 0.29) is 17.2 Å². The van der Waals surface area contributed by atoms with E-state index in [1.165, 1.54) is 12.4 Å². The summed E-state index contributed by atoms with van der Waals surface area (Å²) in [5.74, 6) is -1.29. The molecule has 31 heavy (non-hydrogen) atoms. The van der Waals surface area contributed by atoms with Crippen LogP contribution in [-0.2, 0) is 4.74 Å². The topological polar surface area (TPSA) is 128 Å². The quantitative estimate of drug-likeness (QED) is 0.621. The maximum atomic E-state index is 12.8. The lowest BCUT2D eigenvalue weighted by molar-refractivity contribution is -0.0660. The zero-order valence-electron chi connectivity index (χ0n) is 16.4. The highest BCUT2D eigenvalue weighted by Gasteiger charge is 2.30. The predicted octanol–water partition coefficient (Wildman–Crippen LogP) is 1.56. The van der Waals surface area contributed by atoms with Crippen LogP contribution in [0.4, 0.5) is 31.8 Å². The maximum Gasteiger partial charge on any atom is 0.288 e. The van der Waals surface area contributed by atoms with Gasteiger partial charge in [-0.25, -0.2) is 4.68 Å². The first kappa shape index (κ1) is 21.3. The smallest absolute Gasteiger partial charge is 0.288 e. The van der Waals surface area contributed by atoms with Crippen LogP contribution in [0.25, 0.3) is 6.20 Å². The van der Waals surface area contributed by atoms with Crippen LogP contribution in [0, 0.1) is 0 Å². The molecule has 4 rings (SSSR count). The summed E-state index contributed by atoms with van der Waals surface area (Å²) in [5.41, 5.74) is 12.3. The molecule has 0 aliphatic carbocycles. The molecule has 0 aromatic carbocycles. The van der Waals surface area contributed by atoms with Crippen molar-refractivity contribution in [3.63, 3.8) is 0 Å². The van der Waals surface area contributed by atoms with Crippen LogP contribution in [-0.4, -0.2) is 71.0 Å². The van der Waals surface area contributed by atoms with Crippen molar-refractivity contribution in [1.82, 2.24) is 19.7 Å². The summed E-state index contributed by atoms with van der Waals surface area (Å²) in [4.78, 5) is 21.3. The van der Waals surface area contributed by atoms with Crippen molar-refractivity contribution in [2.24, 2.45) is 0 Å². The zero-order valence-corrected chi connectivity index (χ0v) is 17.1. The first-order chi connectivity index (χ1) is 14.8. The number of anilines is 4. The van der Waals surface area contributed by atoms with Gasteiger partial charge in [0, 0.05) is 32.4 Å². The van der Waals surface area contributed by atoms with Gasteiger partial charge in [-0.1, -0.05) is 11.6 Å². The second-order valence-corrected chi connectivity index (χ2v) is 7.60. The average molecular weight is 455 g/mol. The zero-order chi connectivity index (χ0) is 22.1. The molecule has 2 aromatic heterocycles. The van der Waals surface area contributed by atoms with Gasteiger partial charge in [-0.2, -0.15) is 8.78 Å². The second-order valence-electron chi connectivity index (χ2n) is 7.19. The van der Waals surface area contributed by atoms with E-state index in [2.05, 4.69) is 25.2 Å². The van der Waals surface area contributed by atoms with Crippen molar-refractivity contribution in [2.75, 3.05) is 61.1 Å². The number of rotatable bonds is 5. The van der Waals surface area contributed by atoms with Crippen molar-refractivity contribution >= 4 is 46.7 Å². The van der Waals surface area contributed by atoms with Crippen LogP contribution in [0.1, 0.15) is 10.4 Å². The van der Waals surface area contributed by atoms with Crippen LogP contribution in [0.5, 0.6) is 0 Å². The fourth-order valence-electron chi connectivity index (χ4n) is 3.66. The lowest BCUT2D eigenvalue weighted by atomic mass is 10.1. The number of hydrogen-bond donors (Lipinski definition) is 3. The molecule has 2 aromatic rings. The van der Waals surface area contributed by atoms with Gasteiger partial charge in [0.1, 0.15) is 11.4 Å². The summed E-state index contributed by atoms with van der Waals surface area (Å²) in [5, 5.41) is 6.73. The lowest BCUT2D eigenvalue weighted by Gasteiger charge is -2.43. The van der Waals surface area contributed by atoms with Crippen molar-refractivity contribution in [3.8, 4) is 0 Å². The summed E-state index contributed by atoms with van der Waals surface area (Å²) in [6.07, 6.45) is 1.30. The Hall–Kier alpha value is -2.96. The molecule has 0 saturated carbocycles. The molecule has 4 heterocycles. The Labute approximate surface area is 181 Å². The van der Waals surface area contributed by atoms with Crippen molar-refractivity contribution < 1.29 is 18.3 Å². The summed E-state index contributed by atoms with van der Waals surface area (Å²) in [6, 6.07) is 0.444. The number of ether oxygens (including phenoxy) is 1. The van der Waals surface area contributed by atoms with E-state index in [9.17, 15) is 13.6 Å².